The van der Waals surface area contributed by atoms with Gasteiger partial charge in [0.05, 0.1) is 22.5 Å². The van der Waals surface area contributed by atoms with E-state index in [-0.39, 0.29) is 22.7 Å². The van der Waals surface area contributed by atoms with E-state index in [9.17, 15) is 31.1 Å². The van der Waals surface area contributed by atoms with Crippen molar-refractivity contribution in [3.8, 4) is 28.4 Å². The quantitative estimate of drug-likeness (QED) is 0.312. The maximum Gasteiger partial charge on any atom is 0.573 e. The van der Waals surface area contributed by atoms with Gasteiger partial charge in [0.2, 0.25) is 0 Å². The number of rotatable bonds is 5. The molecule has 0 radical (unpaired) electrons. The number of para-hydroxylation sites is 1. The lowest BCUT2D eigenvalue weighted by molar-refractivity contribution is -0.274. The first-order valence-corrected chi connectivity index (χ1v) is 11.8. The standard InChI is InChI=1S/C27H20F6N4O2/c28-26(29,30)18-8-6-17(7-9-18)24-35-22-11-12-37(15-20(22)25(38)36-24)14-16-5-10-21(34-13-16)19-3-1-2-4-23(19)39-27(31,32)33/h1-10,13H,11-12,14-15H2,(H,35,36,38). The number of alkyl halides is 6. The molecule has 0 amide bonds. The average Bonchev–Trinajstić information content (AvgIpc) is 2.88. The highest BCUT2D eigenvalue weighted by Crippen LogP contribution is 2.33. The minimum absolute atomic E-state index is 0.203. The number of fused-ring (bicyclic) bond motifs is 1. The molecule has 0 fully saturated rings. The Morgan fingerprint density at radius 3 is 2.36 bits per heavy atom. The summed E-state index contributed by atoms with van der Waals surface area (Å²) in [6.07, 6.45) is -7.27. The molecule has 6 nitrogen and oxygen atoms in total. The molecule has 5 rings (SSSR count). The van der Waals surface area contributed by atoms with Crippen LogP contribution in [0.4, 0.5) is 26.3 Å². The molecule has 0 saturated carbocycles. The van der Waals surface area contributed by atoms with Crippen LogP contribution in [0.1, 0.15) is 22.4 Å². The van der Waals surface area contributed by atoms with Crippen LogP contribution in [-0.2, 0) is 25.7 Å². The van der Waals surface area contributed by atoms with Crippen LogP contribution in [0.25, 0.3) is 22.6 Å². The van der Waals surface area contributed by atoms with Crippen LogP contribution in [0.15, 0.2) is 71.7 Å². The molecule has 3 heterocycles. The zero-order valence-electron chi connectivity index (χ0n) is 20.1. The Kier molecular flexibility index (Phi) is 6.89. The van der Waals surface area contributed by atoms with Crippen LogP contribution in [0.5, 0.6) is 5.75 Å². The summed E-state index contributed by atoms with van der Waals surface area (Å²) >= 11 is 0. The Morgan fingerprint density at radius 1 is 0.949 bits per heavy atom. The number of hydrogen-bond donors (Lipinski definition) is 1. The number of hydrogen-bond acceptors (Lipinski definition) is 5. The molecule has 0 spiro atoms. The first-order valence-electron chi connectivity index (χ1n) is 11.8. The molecule has 1 N–H and O–H groups in total. The predicted octanol–water partition coefficient (Wildman–Crippen LogP) is 5.97. The van der Waals surface area contributed by atoms with E-state index in [0.717, 1.165) is 17.7 Å². The Balaban J connectivity index is 1.29. The molecule has 1 aliphatic heterocycles. The second-order valence-corrected chi connectivity index (χ2v) is 8.97. The Labute approximate surface area is 217 Å². The molecular weight excluding hydrogens is 526 g/mol. The van der Waals surface area contributed by atoms with E-state index < -0.39 is 18.1 Å². The van der Waals surface area contributed by atoms with Crippen molar-refractivity contribution in [1.82, 2.24) is 19.9 Å². The second kappa shape index (κ2) is 10.2. The van der Waals surface area contributed by atoms with Crippen LogP contribution in [0, 0.1) is 0 Å². The SMILES string of the molecule is O=c1[nH]c(-c2ccc(C(F)(F)F)cc2)nc2c1CN(Cc1ccc(-c3ccccc3OC(F)(F)F)nc1)CC2. The van der Waals surface area contributed by atoms with E-state index in [0.29, 0.717) is 48.6 Å². The van der Waals surface area contributed by atoms with Gasteiger partial charge in [-0.05, 0) is 35.9 Å². The number of ether oxygens (including phenoxy) is 1. The van der Waals surface area contributed by atoms with Crippen molar-refractivity contribution in [3.63, 3.8) is 0 Å². The van der Waals surface area contributed by atoms with E-state index in [1.807, 2.05) is 4.90 Å². The third-order valence-electron chi connectivity index (χ3n) is 6.25. The number of benzene rings is 2. The third kappa shape index (κ3) is 6.11. The van der Waals surface area contributed by atoms with Crippen molar-refractivity contribution in [2.75, 3.05) is 6.54 Å². The summed E-state index contributed by atoms with van der Waals surface area (Å²) in [5.41, 5.74) is 1.59. The minimum atomic E-state index is -4.83. The Hall–Kier alpha value is -4.19. The lowest BCUT2D eigenvalue weighted by Crippen LogP contribution is -2.35. The van der Waals surface area contributed by atoms with E-state index in [4.69, 9.17) is 0 Å². The molecule has 4 aromatic rings. The number of aromatic amines is 1. The highest BCUT2D eigenvalue weighted by atomic mass is 19.4. The van der Waals surface area contributed by atoms with Gasteiger partial charge >= 0.3 is 12.5 Å². The number of H-pyrrole nitrogens is 1. The molecule has 12 heteroatoms. The number of pyridine rings is 1. The van der Waals surface area contributed by atoms with Crippen molar-refractivity contribution < 1.29 is 31.1 Å². The van der Waals surface area contributed by atoms with Crippen molar-refractivity contribution in [3.05, 3.63) is 99.6 Å². The molecular formula is C27H20F6N4O2. The normalized spacial score (nSPS) is 14.2. The zero-order valence-corrected chi connectivity index (χ0v) is 20.1. The maximum atomic E-state index is 12.8. The second-order valence-electron chi connectivity index (χ2n) is 8.97. The number of halogens is 6. The summed E-state index contributed by atoms with van der Waals surface area (Å²) in [6.45, 7) is 1.31. The van der Waals surface area contributed by atoms with Gasteiger partial charge in [-0.15, -0.1) is 13.2 Å². The summed E-state index contributed by atoms with van der Waals surface area (Å²) in [4.78, 5) is 26.3. The highest BCUT2D eigenvalue weighted by Gasteiger charge is 2.32. The van der Waals surface area contributed by atoms with Gasteiger partial charge in [0, 0.05) is 43.4 Å². The summed E-state index contributed by atoms with van der Waals surface area (Å²) < 4.78 is 80.9. The van der Waals surface area contributed by atoms with E-state index >= 15 is 0 Å². The first-order chi connectivity index (χ1) is 18.5. The fourth-order valence-corrected chi connectivity index (χ4v) is 4.40. The lowest BCUT2D eigenvalue weighted by atomic mass is 10.0. The van der Waals surface area contributed by atoms with Crippen LogP contribution in [0.3, 0.4) is 0 Å². The van der Waals surface area contributed by atoms with Crippen molar-refractivity contribution in [2.24, 2.45) is 0 Å². The van der Waals surface area contributed by atoms with Crippen LogP contribution in [-0.4, -0.2) is 32.8 Å². The number of nitrogens with one attached hydrogen (secondary N) is 1. The molecule has 1 aliphatic rings. The molecule has 0 atom stereocenters. The summed E-state index contributed by atoms with van der Waals surface area (Å²) in [7, 11) is 0. The third-order valence-corrected chi connectivity index (χ3v) is 6.25. The van der Waals surface area contributed by atoms with Crippen LogP contribution in [0.2, 0.25) is 0 Å². The smallest absolute Gasteiger partial charge is 0.405 e. The molecule has 39 heavy (non-hydrogen) atoms. The summed E-state index contributed by atoms with van der Waals surface area (Å²) in [5, 5.41) is 0. The Morgan fingerprint density at radius 2 is 1.69 bits per heavy atom. The van der Waals surface area contributed by atoms with Crippen LogP contribution >= 0.6 is 0 Å². The predicted molar refractivity (Wildman–Crippen MR) is 129 cm³/mol. The van der Waals surface area contributed by atoms with Crippen molar-refractivity contribution >= 4 is 0 Å². The topological polar surface area (TPSA) is 71.1 Å². The van der Waals surface area contributed by atoms with E-state index in [1.165, 1.54) is 30.3 Å². The number of aromatic nitrogens is 3. The zero-order chi connectivity index (χ0) is 27.8. The van der Waals surface area contributed by atoms with Crippen LogP contribution < -0.4 is 10.3 Å². The van der Waals surface area contributed by atoms with Gasteiger partial charge < -0.3 is 9.72 Å². The lowest BCUT2D eigenvalue weighted by Gasteiger charge is -2.27. The monoisotopic (exact) mass is 546 g/mol. The van der Waals surface area contributed by atoms with Gasteiger partial charge in [0.25, 0.3) is 5.56 Å². The largest absolute Gasteiger partial charge is 0.573 e. The average molecular weight is 546 g/mol. The molecule has 0 aliphatic carbocycles. The Bertz CT molecular complexity index is 1530. The van der Waals surface area contributed by atoms with Crippen molar-refractivity contribution in [1.29, 1.82) is 0 Å². The molecule has 202 valence electrons. The molecule has 0 unspecified atom stereocenters. The molecule has 0 bridgehead atoms. The van der Waals surface area contributed by atoms with Gasteiger partial charge in [0.1, 0.15) is 11.6 Å². The fraction of sp³-hybridized carbons (Fsp3) is 0.222. The summed E-state index contributed by atoms with van der Waals surface area (Å²) in [6, 6.07) is 13.5. The van der Waals surface area contributed by atoms with Gasteiger partial charge in [-0.1, -0.05) is 30.3 Å². The highest BCUT2D eigenvalue weighted by molar-refractivity contribution is 5.67. The van der Waals surface area contributed by atoms with Gasteiger partial charge in [-0.3, -0.25) is 14.7 Å². The van der Waals surface area contributed by atoms with E-state index in [1.54, 1.807) is 24.4 Å². The summed E-state index contributed by atoms with van der Waals surface area (Å²) in [5.74, 6) is -0.143. The van der Waals surface area contributed by atoms with Crippen molar-refractivity contribution in [2.45, 2.75) is 32.0 Å². The minimum Gasteiger partial charge on any atom is -0.405 e. The van der Waals surface area contributed by atoms with E-state index in [2.05, 4.69) is 19.7 Å². The molecule has 2 aromatic carbocycles. The van der Waals surface area contributed by atoms with Gasteiger partial charge in [0.15, 0.2) is 0 Å². The molecule has 0 saturated heterocycles. The molecule has 2 aromatic heterocycles. The first kappa shape index (κ1) is 26.4. The van der Waals surface area contributed by atoms with Gasteiger partial charge in [-0.2, -0.15) is 13.2 Å². The fourth-order valence-electron chi connectivity index (χ4n) is 4.40. The maximum absolute atomic E-state index is 12.8. The number of nitrogens with zero attached hydrogens (tertiary/aromatic N) is 3. The van der Waals surface area contributed by atoms with Gasteiger partial charge in [-0.25, -0.2) is 4.98 Å².